The monoisotopic (exact) mass is 890 g/mol. The van der Waals surface area contributed by atoms with E-state index in [1.165, 1.54) is 4.90 Å². The number of imide groups is 1. The summed E-state index contributed by atoms with van der Waals surface area (Å²) in [6.45, 7) is 6.24. The normalized spacial score (nSPS) is 20.0. The number of aromatic nitrogens is 4. The van der Waals surface area contributed by atoms with Gasteiger partial charge in [0.2, 0.25) is 23.6 Å². The minimum Gasteiger partial charge on any atom is -0.486 e. The van der Waals surface area contributed by atoms with Crippen LogP contribution in [0.15, 0.2) is 67.1 Å². The van der Waals surface area contributed by atoms with Gasteiger partial charge in [0.05, 0.1) is 22.1 Å². The summed E-state index contributed by atoms with van der Waals surface area (Å²) < 4.78 is 6.24. The number of H-pyrrole nitrogens is 1. The zero-order valence-corrected chi connectivity index (χ0v) is 35.9. The Morgan fingerprint density at radius 2 is 1.73 bits per heavy atom. The smallest absolute Gasteiger partial charge is 0.255 e. The van der Waals surface area contributed by atoms with Gasteiger partial charge in [-0.1, -0.05) is 29.3 Å². The van der Waals surface area contributed by atoms with Gasteiger partial charge in [-0.3, -0.25) is 39.4 Å². The molecule has 0 radical (unpaired) electrons. The molecule has 0 bridgehead atoms. The van der Waals surface area contributed by atoms with Crippen LogP contribution in [0, 0.1) is 11.3 Å². The molecule has 0 aliphatic carbocycles. The Balaban J connectivity index is 0.680. The summed E-state index contributed by atoms with van der Waals surface area (Å²) in [6.07, 6.45) is 6.21. The molecule has 2 atom stereocenters. The van der Waals surface area contributed by atoms with E-state index in [0.717, 1.165) is 59.7 Å². The van der Waals surface area contributed by atoms with Crippen molar-refractivity contribution >= 4 is 75.1 Å². The Morgan fingerprint density at radius 3 is 2.46 bits per heavy atom. The average molecular weight is 892 g/mol. The number of carbonyl (C=O) groups is 5. The molecule has 3 aromatic heterocycles. The number of halogens is 2. The highest BCUT2D eigenvalue weighted by Gasteiger charge is 2.54. The second-order valence-electron chi connectivity index (χ2n) is 17.3. The minimum absolute atomic E-state index is 0.0425. The Morgan fingerprint density at radius 1 is 0.952 bits per heavy atom. The van der Waals surface area contributed by atoms with Crippen LogP contribution >= 0.6 is 23.2 Å². The van der Waals surface area contributed by atoms with Crippen LogP contribution in [-0.4, -0.2) is 116 Å². The summed E-state index contributed by atoms with van der Waals surface area (Å²) in [5.41, 5.74) is 5.11. The van der Waals surface area contributed by atoms with Crippen molar-refractivity contribution in [1.82, 2.24) is 40.2 Å². The topological polar surface area (TPSA) is 186 Å². The van der Waals surface area contributed by atoms with Crippen molar-refractivity contribution < 1.29 is 28.7 Å². The van der Waals surface area contributed by atoms with Gasteiger partial charge in [0.25, 0.3) is 5.91 Å². The van der Waals surface area contributed by atoms with Crippen molar-refractivity contribution in [1.29, 1.82) is 0 Å². The van der Waals surface area contributed by atoms with E-state index < -0.39 is 18.1 Å². The van der Waals surface area contributed by atoms with Gasteiger partial charge in [0, 0.05) is 115 Å². The largest absolute Gasteiger partial charge is 0.486 e. The minimum atomic E-state index is -0.710. The third-order valence-electron chi connectivity index (χ3n) is 13.1. The number of anilines is 2. The number of carbonyl (C=O) groups excluding carboxylic acids is 5. The third-order valence-corrected chi connectivity index (χ3v) is 13.7. The quantitative estimate of drug-likeness (QED) is 0.156. The summed E-state index contributed by atoms with van der Waals surface area (Å²) in [4.78, 5) is 80.5. The second-order valence-corrected chi connectivity index (χ2v) is 18.1. The van der Waals surface area contributed by atoms with E-state index in [-0.39, 0.29) is 60.9 Å². The number of nitrogens with one attached hydrogen (secondary N) is 3. The molecule has 5 amide bonds. The molecule has 5 aliphatic heterocycles. The van der Waals surface area contributed by atoms with E-state index in [2.05, 4.69) is 30.7 Å². The Hall–Kier alpha value is -6.26. The van der Waals surface area contributed by atoms with Crippen LogP contribution in [0.5, 0.6) is 5.75 Å². The molecular weight excluding hydrogens is 847 g/mol. The molecule has 3 N–H and O–H groups in total. The van der Waals surface area contributed by atoms with Crippen molar-refractivity contribution in [3.8, 4) is 17.0 Å². The molecule has 5 aromatic rings. The average Bonchev–Trinajstić information content (AvgIpc) is 3.82. The maximum Gasteiger partial charge on any atom is 0.255 e. The lowest BCUT2D eigenvalue weighted by atomic mass is 9.72. The van der Waals surface area contributed by atoms with Gasteiger partial charge < -0.3 is 29.7 Å². The Bertz CT molecular complexity index is 2650. The first kappa shape index (κ1) is 40.8. The fourth-order valence-corrected chi connectivity index (χ4v) is 10.5. The number of amides is 5. The first-order valence-electron chi connectivity index (χ1n) is 21.2. The van der Waals surface area contributed by atoms with Crippen molar-refractivity contribution in [3.63, 3.8) is 0 Å². The molecule has 16 nitrogen and oxygen atoms in total. The van der Waals surface area contributed by atoms with E-state index in [9.17, 15) is 24.0 Å². The SMILES string of the molecule is C[C@@H](Oc1ccc2[nH]nc(-c3ccc(N4CC5(CN(C(=O)C6CCN(C(=O)CNc7cccc8c7CN(C7CCC(=O)NC7=O)C8=O)CC6)C5)C4)nc3)c2c1)c1c(Cl)cncc1Cl. The molecule has 324 valence electrons. The van der Waals surface area contributed by atoms with Crippen molar-refractivity contribution in [2.24, 2.45) is 11.3 Å². The molecule has 4 saturated heterocycles. The highest BCUT2D eigenvalue weighted by Crippen LogP contribution is 2.43. The molecule has 5 aliphatic rings. The predicted molar refractivity (Wildman–Crippen MR) is 234 cm³/mol. The first-order valence-corrected chi connectivity index (χ1v) is 21.9. The highest BCUT2D eigenvalue weighted by molar-refractivity contribution is 6.35. The number of benzene rings is 2. The third kappa shape index (κ3) is 7.58. The summed E-state index contributed by atoms with van der Waals surface area (Å²) in [5.74, 6) is 0.429. The van der Waals surface area contributed by atoms with Gasteiger partial charge >= 0.3 is 0 Å². The summed E-state index contributed by atoms with van der Waals surface area (Å²) in [7, 11) is 0. The van der Waals surface area contributed by atoms with Crippen LogP contribution in [0.1, 0.15) is 60.2 Å². The first-order chi connectivity index (χ1) is 30.4. The lowest BCUT2D eigenvalue weighted by Gasteiger charge is -2.61. The fraction of sp³-hybridized carbons (Fsp3) is 0.378. The highest BCUT2D eigenvalue weighted by atomic mass is 35.5. The number of hydrogen-bond acceptors (Lipinski definition) is 11. The number of likely N-dealkylation sites (tertiary alicyclic amines) is 2. The standard InChI is InChI=1S/C45H44Cl2N10O6/c1-25(40-32(46)17-48-18-33(40)47)63-28-6-7-35-30(15-28)41(53-52-35)27-5-9-37(50-16-27)55-21-45(22-55)23-56(24-45)43(61)26-11-13-54(14-12-26)39(59)19-49-34-4-2-3-29-31(34)20-57(44(29)62)36-8-10-38(58)51-42(36)60/h2-7,9,15-18,25-26,36,49H,8,10-14,19-24H2,1H3,(H,52,53)(H,51,58,60)/t25-,36?/m1/s1. The maximum atomic E-state index is 13.5. The maximum absolute atomic E-state index is 13.5. The van der Waals surface area contributed by atoms with Crippen molar-refractivity contribution in [2.45, 2.75) is 51.3 Å². The van der Waals surface area contributed by atoms with Crippen LogP contribution in [-0.2, 0) is 25.7 Å². The molecule has 4 fully saturated rings. The van der Waals surface area contributed by atoms with Gasteiger partial charge in [0.1, 0.15) is 29.4 Å². The molecular formula is C45H44Cl2N10O6. The van der Waals surface area contributed by atoms with Crippen LogP contribution < -0.4 is 20.3 Å². The number of fused-ring (bicyclic) bond motifs is 2. The van der Waals surface area contributed by atoms with Gasteiger partial charge in [-0.05, 0) is 68.7 Å². The second kappa shape index (κ2) is 16.1. The predicted octanol–water partition coefficient (Wildman–Crippen LogP) is 5.23. The summed E-state index contributed by atoms with van der Waals surface area (Å²) in [5, 5.41) is 15.0. The molecule has 63 heavy (non-hydrogen) atoms. The Labute approximate surface area is 372 Å². The number of hydrogen-bond donors (Lipinski definition) is 3. The van der Waals surface area contributed by atoms with Gasteiger partial charge in [0.15, 0.2) is 0 Å². The van der Waals surface area contributed by atoms with E-state index >= 15 is 0 Å². The van der Waals surface area contributed by atoms with Crippen LogP contribution in [0.4, 0.5) is 11.5 Å². The molecule has 1 spiro atoms. The number of ether oxygens (including phenoxy) is 1. The number of aromatic amines is 1. The van der Waals surface area contributed by atoms with Gasteiger partial charge in [-0.2, -0.15) is 5.10 Å². The van der Waals surface area contributed by atoms with Crippen LogP contribution in [0.2, 0.25) is 10.0 Å². The zero-order chi connectivity index (χ0) is 43.6. The lowest BCUT2D eigenvalue weighted by Crippen LogP contribution is -2.73. The van der Waals surface area contributed by atoms with Gasteiger partial charge in [-0.25, -0.2) is 4.98 Å². The molecule has 8 heterocycles. The molecule has 1 unspecified atom stereocenters. The fourth-order valence-electron chi connectivity index (χ4n) is 9.79. The van der Waals surface area contributed by atoms with Crippen LogP contribution in [0.3, 0.4) is 0 Å². The van der Waals surface area contributed by atoms with Crippen LogP contribution in [0.25, 0.3) is 22.2 Å². The lowest BCUT2D eigenvalue weighted by molar-refractivity contribution is -0.152. The zero-order valence-electron chi connectivity index (χ0n) is 34.4. The molecule has 18 heteroatoms. The van der Waals surface area contributed by atoms with E-state index in [0.29, 0.717) is 58.5 Å². The number of rotatable bonds is 10. The van der Waals surface area contributed by atoms with Crippen molar-refractivity contribution in [2.75, 3.05) is 56.0 Å². The summed E-state index contributed by atoms with van der Waals surface area (Å²) in [6, 6.07) is 14.4. The molecule has 0 saturated carbocycles. The van der Waals surface area contributed by atoms with E-state index in [1.54, 1.807) is 29.4 Å². The van der Waals surface area contributed by atoms with E-state index in [1.807, 2.05) is 54.4 Å². The summed E-state index contributed by atoms with van der Waals surface area (Å²) >= 11 is 12.7. The number of pyridine rings is 2. The van der Waals surface area contributed by atoms with Crippen molar-refractivity contribution in [3.05, 3.63) is 93.9 Å². The molecule has 10 rings (SSSR count). The van der Waals surface area contributed by atoms with Gasteiger partial charge in [-0.15, -0.1) is 0 Å². The Kier molecular flexibility index (Phi) is 10.4. The molecule has 2 aromatic carbocycles. The van der Waals surface area contributed by atoms with E-state index in [4.69, 9.17) is 32.9 Å². The number of nitrogens with zero attached hydrogens (tertiary/aromatic N) is 7. The number of piperidine rings is 2.